The van der Waals surface area contributed by atoms with E-state index in [1.807, 2.05) is 13.8 Å². The van der Waals surface area contributed by atoms with Crippen molar-refractivity contribution < 1.29 is 9.90 Å². The summed E-state index contributed by atoms with van der Waals surface area (Å²) in [5.41, 5.74) is 0.641. The summed E-state index contributed by atoms with van der Waals surface area (Å²) in [5, 5.41) is 12.7. The lowest BCUT2D eigenvalue weighted by atomic mass is 9.77. The Bertz CT molecular complexity index is 480. The molecule has 0 spiro atoms. The van der Waals surface area contributed by atoms with Crippen molar-refractivity contribution in [2.45, 2.75) is 52.0 Å². The minimum Gasteiger partial charge on any atom is -0.480 e. The summed E-state index contributed by atoms with van der Waals surface area (Å²) < 4.78 is 0. The van der Waals surface area contributed by atoms with Gasteiger partial charge in [-0.2, -0.15) is 0 Å². The molecule has 1 aromatic rings. The van der Waals surface area contributed by atoms with Crippen molar-refractivity contribution in [2.24, 2.45) is 5.92 Å². The molecular weight excluding hydrogens is 242 g/mol. The van der Waals surface area contributed by atoms with Crippen LogP contribution in [0.2, 0.25) is 0 Å². The Morgan fingerprint density at radius 3 is 2.63 bits per heavy atom. The topological polar surface area (TPSA) is 75.1 Å². The van der Waals surface area contributed by atoms with Crippen LogP contribution in [0.5, 0.6) is 0 Å². The number of anilines is 1. The first kappa shape index (κ1) is 13.8. The Balaban J connectivity index is 2.26. The molecule has 5 heteroatoms. The summed E-state index contributed by atoms with van der Waals surface area (Å²) in [5.74, 6) is 0.401. The van der Waals surface area contributed by atoms with Crippen LogP contribution in [0.25, 0.3) is 0 Å². The highest BCUT2D eigenvalue weighted by molar-refractivity contribution is 5.82. The Labute approximate surface area is 113 Å². The molecule has 1 aliphatic carbocycles. The van der Waals surface area contributed by atoms with E-state index < -0.39 is 11.5 Å². The number of hydrogen-bond donors (Lipinski definition) is 2. The standard InChI is InChI=1S/C14H21N3O2/c1-9-4-6-14(7-5-9,13(18)19)17-12-11(3)15-8-10(2)16-12/h8-9H,4-7H2,1-3H3,(H,16,17)(H,18,19). The van der Waals surface area contributed by atoms with Crippen molar-refractivity contribution in [3.8, 4) is 0 Å². The second-order valence-electron chi connectivity index (χ2n) is 5.64. The molecule has 104 valence electrons. The van der Waals surface area contributed by atoms with Gasteiger partial charge in [-0.3, -0.25) is 4.98 Å². The van der Waals surface area contributed by atoms with Crippen LogP contribution in [0.15, 0.2) is 6.20 Å². The van der Waals surface area contributed by atoms with Gasteiger partial charge in [-0.05, 0) is 45.4 Å². The second kappa shape index (κ2) is 5.15. The van der Waals surface area contributed by atoms with Crippen molar-refractivity contribution in [1.29, 1.82) is 0 Å². The molecule has 19 heavy (non-hydrogen) atoms. The number of carboxylic acid groups (broad SMARTS) is 1. The van der Waals surface area contributed by atoms with Crippen molar-refractivity contribution >= 4 is 11.8 Å². The summed E-state index contributed by atoms with van der Waals surface area (Å²) in [6, 6.07) is 0. The lowest BCUT2D eigenvalue weighted by molar-refractivity contribution is -0.143. The molecule has 2 N–H and O–H groups in total. The zero-order valence-corrected chi connectivity index (χ0v) is 11.7. The van der Waals surface area contributed by atoms with Crippen LogP contribution in [0, 0.1) is 19.8 Å². The smallest absolute Gasteiger partial charge is 0.329 e. The number of carbonyl (C=O) groups is 1. The van der Waals surface area contributed by atoms with Gasteiger partial charge < -0.3 is 10.4 Å². The number of nitrogens with zero attached hydrogens (tertiary/aromatic N) is 2. The third kappa shape index (κ3) is 2.85. The molecular formula is C14H21N3O2. The second-order valence-corrected chi connectivity index (χ2v) is 5.64. The number of aliphatic carboxylic acids is 1. The summed E-state index contributed by atoms with van der Waals surface area (Å²) in [6.07, 6.45) is 4.82. The third-order valence-electron chi connectivity index (χ3n) is 3.97. The maximum absolute atomic E-state index is 11.7. The van der Waals surface area contributed by atoms with Crippen LogP contribution in [0.4, 0.5) is 5.82 Å². The molecule has 2 rings (SSSR count). The van der Waals surface area contributed by atoms with Gasteiger partial charge in [-0.15, -0.1) is 0 Å². The van der Waals surface area contributed by atoms with E-state index in [-0.39, 0.29) is 0 Å². The molecule has 5 nitrogen and oxygen atoms in total. The molecule has 1 aromatic heterocycles. The Morgan fingerprint density at radius 1 is 1.42 bits per heavy atom. The molecule has 0 radical (unpaired) electrons. The van der Waals surface area contributed by atoms with Gasteiger partial charge in [0.15, 0.2) is 0 Å². The fourth-order valence-corrected chi connectivity index (χ4v) is 2.53. The maximum atomic E-state index is 11.7. The van der Waals surface area contributed by atoms with E-state index in [1.54, 1.807) is 6.20 Å². The molecule has 1 fully saturated rings. The van der Waals surface area contributed by atoms with Gasteiger partial charge in [0.2, 0.25) is 0 Å². The highest BCUT2D eigenvalue weighted by atomic mass is 16.4. The number of nitrogens with one attached hydrogen (secondary N) is 1. The number of hydrogen-bond acceptors (Lipinski definition) is 4. The number of rotatable bonds is 3. The summed E-state index contributed by atoms with van der Waals surface area (Å²) in [4.78, 5) is 20.3. The van der Waals surface area contributed by atoms with Crippen LogP contribution in [0.1, 0.15) is 44.0 Å². The minimum atomic E-state index is -0.889. The Morgan fingerprint density at radius 2 is 2.05 bits per heavy atom. The quantitative estimate of drug-likeness (QED) is 0.876. The molecule has 0 bridgehead atoms. The first-order valence-electron chi connectivity index (χ1n) is 6.75. The monoisotopic (exact) mass is 263 g/mol. The van der Waals surface area contributed by atoms with Crippen LogP contribution >= 0.6 is 0 Å². The highest BCUT2D eigenvalue weighted by Gasteiger charge is 2.41. The largest absolute Gasteiger partial charge is 0.480 e. The van der Waals surface area contributed by atoms with Crippen LogP contribution < -0.4 is 5.32 Å². The van der Waals surface area contributed by atoms with Gasteiger partial charge in [0.1, 0.15) is 11.4 Å². The van der Waals surface area contributed by atoms with E-state index >= 15 is 0 Å². The van der Waals surface area contributed by atoms with Gasteiger partial charge in [0.05, 0.1) is 11.4 Å². The molecule has 0 aliphatic heterocycles. The Kier molecular flexibility index (Phi) is 3.73. The predicted molar refractivity (Wildman–Crippen MR) is 73.1 cm³/mol. The Hall–Kier alpha value is -1.65. The summed E-state index contributed by atoms with van der Waals surface area (Å²) in [7, 11) is 0. The average Bonchev–Trinajstić information content (AvgIpc) is 2.36. The number of carboxylic acids is 1. The van der Waals surface area contributed by atoms with Crippen molar-refractivity contribution in [2.75, 3.05) is 5.32 Å². The van der Waals surface area contributed by atoms with Gasteiger partial charge in [0, 0.05) is 6.20 Å². The molecule has 1 aliphatic rings. The first-order valence-corrected chi connectivity index (χ1v) is 6.75. The van der Waals surface area contributed by atoms with Crippen LogP contribution in [0.3, 0.4) is 0 Å². The molecule has 1 saturated carbocycles. The lowest BCUT2D eigenvalue weighted by Crippen LogP contribution is -2.49. The van der Waals surface area contributed by atoms with Crippen molar-refractivity contribution in [3.05, 3.63) is 17.6 Å². The van der Waals surface area contributed by atoms with Gasteiger partial charge in [-0.25, -0.2) is 9.78 Å². The average molecular weight is 263 g/mol. The highest BCUT2D eigenvalue weighted by Crippen LogP contribution is 2.35. The lowest BCUT2D eigenvalue weighted by Gasteiger charge is -2.37. The van der Waals surface area contributed by atoms with Gasteiger partial charge in [0.25, 0.3) is 0 Å². The molecule has 0 amide bonds. The van der Waals surface area contributed by atoms with Crippen molar-refractivity contribution in [3.63, 3.8) is 0 Å². The van der Waals surface area contributed by atoms with Crippen molar-refractivity contribution in [1.82, 2.24) is 9.97 Å². The fraction of sp³-hybridized carbons (Fsp3) is 0.643. The third-order valence-corrected chi connectivity index (χ3v) is 3.97. The van der Waals surface area contributed by atoms with E-state index in [4.69, 9.17) is 0 Å². The predicted octanol–water partition coefficient (Wildman–Crippen LogP) is 2.54. The summed E-state index contributed by atoms with van der Waals surface area (Å²) in [6.45, 7) is 5.87. The number of aromatic nitrogens is 2. The van der Waals surface area contributed by atoms with E-state index in [9.17, 15) is 9.90 Å². The van der Waals surface area contributed by atoms with E-state index in [0.717, 1.165) is 24.2 Å². The first-order chi connectivity index (χ1) is 8.93. The maximum Gasteiger partial charge on any atom is 0.329 e. The van der Waals surface area contributed by atoms with E-state index in [1.165, 1.54) is 0 Å². The van der Waals surface area contributed by atoms with Gasteiger partial charge >= 0.3 is 5.97 Å². The summed E-state index contributed by atoms with van der Waals surface area (Å²) >= 11 is 0. The van der Waals surface area contributed by atoms with E-state index in [2.05, 4.69) is 22.2 Å². The SMILES string of the molecule is Cc1cnc(C)c(NC2(C(=O)O)CCC(C)CC2)n1. The molecule has 0 atom stereocenters. The van der Waals surface area contributed by atoms with Crippen LogP contribution in [-0.4, -0.2) is 26.6 Å². The van der Waals surface area contributed by atoms with Gasteiger partial charge in [-0.1, -0.05) is 6.92 Å². The molecule has 0 aromatic carbocycles. The normalized spacial score (nSPS) is 27.0. The zero-order valence-electron chi connectivity index (χ0n) is 11.7. The van der Waals surface area contributed by atoms with E-state index in [0.29, 0.717) is 24.6 Å². The fourth-order valence-electron chi connectivity index (χ4n) is 2.53. The minimum absolute atomic E-state index is 0.594. The molecule has 0 saturated heterocycles. The number of aryl methyl sites for hydroxylation is 2. The molecule has 0 unspecified atom stereocenters. The zero-order chi connectivity index (χ0) is 14.0. The van der Waals surface area contributed by atoms with Crippen LogP contribution in [-0.2, 0) is 4.79 Å². The molecule has 1 heterocycles.